The number of hydrogen-bond acceptors (Lipinski definition) is 3. The van der Waals surface area contributed by atoms with E-state index in [1.54, 1.807) is 25.3 Å². The van der Waals surface area contributed by atoms with Gasteiger partial charge in [0.2, 0.25) is 0 Å². The maximum atomic E-state index is 9.17. The number of para-hydroxylation sites is 1. The molecule has 3 rings (SSSR count). The summed E-state index contributed by atoms with van der Waals surface area (Å²) in [6.07, 6.45) is 0. The van der Waals surface area contributed by atoms with Crippen molar-refractivity contribution < 1.29 is 4.74 Å². The second-order valence-electron chi connectivity index (χ2n) is 4.40. The number of aromatic amines is 1. The molecule has 2 aromatic carbocycles. The summed E-state index contributed by atoms with van der Waals surface area (Å²) in [4.78, 5) is 3.07. The van der Waals surface area contributed by atoms with Gasteiger partial charge in [-0.15, -0.1) is 0 Å². The number of fused-ring (bicyclic) bond motifs is 1. The van der Waals surface area contributed by atoms with Gasteiger partial charge >= 0.3 is 0 Å². The molecule has 0 atom stereocenters. The van der Waals surface area contributed by atoms with E-state index < -0.39 is 0 Å². The highest BCUT2D eigenvalue weighted by Gasteiger charge is 2.11. The van der Waals surface area contributed by atoms with E-state index in [1.165, 1.54) is 0 Å². The SMILES string of the molecule is COc1ccc(-n2c(=S)[nH]c3c(C#N)cccc32)cc1Cl. The van der Waals surface area contributed by atoms with E-state index in [1.807, 2.05) is 22.8 Å². The molecule has 0 bridgehead atoms. The van der Waals surface area contributed by atoms with Crippen LogP contribution >= 0.6 is 23.8 Å². The second-order valence-corrected chi connectivity index (χ2v) is 5.19. The maximum absolute atomic E-state index is 9.17. The third-order valence-corrected chi connectivity index (χ3v) is 3.81. The van der Waals surface area contributed by atoms with Crippen LogP contribution in [0.15, 0.2) is 36.4 Å². The minimum Gasteiger partial charge on any atom is -0.495 e. The van der Waals surface area contributed by atoms with Gasteiger partial charge in [-0.25, -0.2) is 0 Å². The van der Waals surface area contributed by atoms with Crippen molar-refractivity contribution in [1.29, 1.82) is 5.26 Å². The molecule has 0 radical (unpaired) electrons. The lowest BCUT2D eigenvalue weighted by Gasteiger charge is -2.08. The van der Waals surface area contributed by atoms with Crippen molar-refractivity contribution in [3.63, 3.8) is 0 Å². The lowest BCUT2D eigenvalue weighted by molar-refractivity contribution is 0.415. The largest absolute Gasteiger partial charge is 0.495 e. The number of nitriles is 1. The molecule has 0 unspecified atom stereocenters. The second kappa shape index (κ2) is 5.24. The molecule has 1 N–H and O–H groups in total. The predicted octanol–water partition coefficient (Wildman–Crippen LogP) is 4.22. The lowest BCUT2D eigenvalue weighted by atomic mass is 10.2. The Kier molecular flexibility index (Phi) is 3.42. The average Bonchev–Trinajstić information content (AvgIpc) is 2.82. The standard InChI is InChI=1S/C15H10ClN3OS/c1-20-13-6-5-10(7-11(13)16)19-12-4-2-3-9(8-17)14(12)18-15(19)21/h2-7H,1H3,(H,18,21). The molecule has 0 aliphatic heterocycles. The van der Waals surface area contributed by atoms with E-state index in [9.17, 15) is 0 Å². The van der Waals surface area contributed by atoms with Crippen molar-refractivity contribution in [1.82, 2.24) is 9.55 Å². The number of imidazole rings is 1. The first-order valence-corrected chi connectivity index (χ1v) is 6.92. The molecule has 0 saturated heterocycles. The Morgan fingerprint density at radius 3 is 2.81 bits per heavy atom. The molecule has 4 nitrogen and oxygen atoms in total. The normalized spacial score (nSPS) is 10.5. The van der Waals surface area contributed by atoms with Crippen LogP contribution < -0.4 is 4.74 Å². The Morgan fingerprint density at radius 2 is 2.14 bits per heavy atom. The predicted molar refractivity (Wildman–Crippen MR) is 84.7 cm³/mol. The zero-order valence-electron chi connectivity index (χ0n) is 11.1. The van der Waals surface area contributed by atoms with Crippen molar-refractivity contribution >= 4 is 34.9 Å². The number of nitrogens with zero attached hydrogens (tertiary/aromatic N) is 2. The summed E-state index contributed by atoms with van der Waals surface area (Å²) in [5.74, 6) is 0.601. The number of halogens is 1. The molecule has 0 spiro atoms. The number of H-pyrrole nitrogens is 1. The van der Waals surface area contributed by atoms with Crippen LogP contribution in [0.25, 0.3) is 16.7 Å². The maximum Gasteiger partial charge on any atom is 0.182 e. The minimum atomic E-state index is 0.502. The molecular weight excluding hydrogens is 306 g/mol. The van der Waals surface area contributed by atoms with Crippen molar-refractivity contribution in [2.75, 3.05) is 7.11 Å². The van der Waals surface area contributed by atoms with Crippen molar-refractivity contribution in [3.05, 3.63) is 51.8 Å². The number of nitrogens with one attached hydrogen (secondary N) is 1. The summed E-state index contributed by atoms with van der Waals surface area (Å²) in [5, 5.41) is 9.67. The lowest BCUT2D eigenvalue weighted by Crippen LogP contribution is -1.95. The molecule has 1 heterocycles. The zero-order chi connectivity index (χ0) is 15.0. The van der Waals surface area contributed by atoms with E-state index in [-0.39, 0.29) is 0 Å². The first-order valence-electron chi connectivity index (χ1n) is 6.13. The first-order chi connectivity index (χ1) is 10.2. The Labute approximate surface area is 131 Å². The van der Waals surface area contributed by atoms with Gasteiger partial charge in [0.1, 0.15) is 11.8 Å². The van der Waals surface area contributed by atoms with E-state index in [0.29, 0.717) is 21.1 Å². The van der Waals surface area contributed by atoms with Gasteiger partial charge < -0.3 is 9.72 Å². The number of benzene rings is 2. The van der Waals surface area contributed by atoms with Crippen molar-refractivity contribution in [3.8, 4) is 17.5 Å². The van der Waals surface area contributed by atoms with Crippen LogP contribution in [0.4, 0.5) is 0 Å². The fraction of sp³-hybridized carbons (Fsp3) is 0.0667. The first kappa shape index (κ1) is 13.7. The van der Waals surface area contributed by atoms with Gasteiger partial charge in [-0.05, 0) is 42.5 Å². The van der Waals surface area contributed by atoms with E-state index in [4.69, 9.17) is 33.8 Å². The number of hydrogen-bond donors (Lipinski definition) is 1. The molecule has 0 saturated carbocycles. The van der Waals surface area contributed by atoms with Gasteiger partial charge in [-0.2, -0.15) is 5.26 Å². The van der Waals surface area contributed by atoms with E-state index in [0.717, 1.165) is 16.7 Å². The highest BCUT2D eigenvalue weighted by atomic mass is 35.5. The van der Waals surface area contributed by atoms with Crippen LogP contribution in [0, 0.1) is 16.1 Å². The number of aromatic nitrogens is 2. The van der Waals surface area contributed by atoms with Crippen LogP contribution in [0.2, 0.25) is 5.02 Å². The van der Waals surface area contributed by atoms with Gasteiger partial charge in [-0.3, -0.25) is 4.57 Å². The third-order valence-electron chi connectivity index (χ3n) is 3.23. The minimum absolute atomic E-state index is 0.502. The third kappa shape index (κ3) is 2.19. The van der Waals surface area contributed by atoms with E-state index >= 15 is 0 Å². The van der Waals surface area contributed by atoms with Crippen molar-refractivity contribution in [2.24, 2.45) is 0 Å². The Hall–Kier alpha value is -2.29. The van der Waals surface area contributed by atoms with E-state index in [2.05, 4.69) is 11.1 Å². The fourth-order valence-corrected chi connectivity index (χ4v) is 2.83. The molecule has 0 fully saturated rings. The van der Waals surface area contributed by atoms with Gasteiger partial charge in [0.05, 0.1) is 34.4 Å². The van der Waals surface area contributed by atoms with Gasteiger partial charge in [0, 0.05) is 0 Å². The summed E-state index contributed by atoms with van der Waals surface area (Å²) in [6.45, 7) is 0. The van der Waals surface area contributed by atoms with Crippen LogP contribution in [0.1, 0.15) is 5.56 Å². The summed E-state index contributed by atoms with van der Waals surface area (Å²) in [6, 6.07) is 13.1. The average molecular weight is 316 g/mol. The number of ether oxygens (including phenoxy) is 1. The topological polar surface area (TPSA) is 53.7 Å². The summed E-state index contributed by atoms with van der Waals surface area (Å²) in [7, 11) is 1.57. The molecule has 21 heavy (non-hydrogen) atoms. The molecular formula is C15H10ClN3OS. The Balaban J connectivity index is 2.31. The highest BCUT2D eigenvalue weighted by Crippen LogP contribution is 2.29. The Bertz CT molecular complexity index is 936. The molecule has 6 heteroatoms. The smallest absolute Gasteiger partial charge is 0.182 e. The zero-order valence-corrected chi connectivity index (χ0v) is 12.6. The quantitative estimate of drug-likeness (QED) is 0.720. The molecule has 0 amide bonds. The molecule has 104 valence electrons. The summed E-state index contributed by atoms with van der Waals surface area (Å²) < 4.78 is 7.51. The number of methoxy groups -OCH3 is 1. The van der Waals surface area contributed by atoms with Crippen molar-refractivity contribution in [2.45, 2.75) is 0 Å². The van der Waals surface area contributed by atoms with Gasteiger partial charge in [0.15, 0.2) is 4.77 Å². The van der Waals surface area contributed by atoms with Crippen LogP contribution in [0.5, 0.6) is 5.75 Å². The van der Waals surface area contributed by atoms with Crippen LogP contribution in [0.3, 0.4) is 0 Å². The molecule has 3 aromatic rings. The monoisotopic (exact) mass is 315 g/mol. The molecule has 0 aliphatic rings. The summed E-state index contributed by atoms with van der Waals surface area (Å²) >= 11 is 11.5. The number of rotatable bonds is 2. The van der Waals surface area contributed by atoms with Crippen LogP contribution in [-0.4, -0.2) is 16.7 Å². The highest BCUT2D eigenvalue weighted by molar-refractivity contribution is 7.71. The molecule has 1 aromatic heterocycles. The summed E-state index contributed by atoms with van der Waals surface area (Å²) in [5.41, 5.74) is 2.92. The van der Waals surface area contributed by atoms with Gasteiger partial charge in [-0.1, -0.05) is 17.7 Å². The fourth-order valence-electron chi connectivity index (χ4n) is 2.27. The van der Waals surface area contributed by atoms with Crippen LogP contribution in [-0.2, 0) is 0 Å². The molecule has 0 aliphatic carbocycles. The Morgan fingerprint density at radius 1 is 1.33 bits per heavy atom. The van der Waals surface area contributed by atoms with Gasteiger partial charge in [0.25, 0.3) is 0 Å².